The van der Waals surface area contributed by atoms with Crippen molar-refractivity contribution in [3.05, 3.63) is 36.4 Å². The van der Waals surface area contributed by atoms with Crippen LogP contribution >= 0.6 is 0 Å². The highest BCUT2D eigenvalue weighted by Crippen LogP contribution is 2.26. The van der Waals surface area contributed by atoms with E-state index in [2.05, 4.69) is 41.5 Å². The Morgan fingerprint density at radius 1 is 1.18 bits per heavy atom. The molecule has 0 radical (unpaired) electrons. The average Bonchev–Trinajstić information content (AvgIpc) is 3.18. The maximum absolute atomic E-state index is 12.5. The maximum Gasteiger partial charge on any atom is 0.231 e. The number of benzene rings is 1. The van der Waals surface area contributed by atoms with Gasteiger partial charge in [0.2, 0.25) is 11.9 Å². The number of anilines is 1. The van der Waals surface area contributed by atoms with Crippen LogP contribution in [0.2, 0.25) is 0 Å². The van der Waals surface area contributed by atoms with Crippen molar-refractivity contribution in [3.63, 3.8) is 0 Å². The van der Waals surface area contributed by atoms with Crippen molar-refractivity contribution in [2.24, 2.45) is 5.92 Å². The molecule has 2 aliphatic rings. The van der Waals surface area contributed by atoms with Crippen LogP contribution in [0.5, 0.6) is 0 Å². The first-order chi connectivity index (χ1) is 13.8. The van der Waals surface area contributed by atoms with Gasteiger partial charge in [-0.05, 0) is 25.5 Å². The van der Waals surface area contributed by atoms with Gasteiger partial charge in [0.1, 0.15) is 5.82 Å². The zero-order chi connectivity index (χ0) is 18.9. The molecule has 8 heteroatoms. The molecular formula is C20H23N7O. The highest BCUT2D eigenvalue weighted by atomic mass is 16.2. The summed E-state index contributed by atoms with van der Waals surface area (Å²) in [7, 11) is 0. The summed E-state index contributed by atoms with van der Waals surface area (Å²) in [6.07, 6.45) is 5.60. The summed E-state index contributed by atoms with van der Waals surface area (Å²) < 4.78 is 2.25. The van der Waals surface area contributed by atoms with E-state index in [9.17, 15) is 4.79 Å². The zero-order valence-electron chi connectivity index (χ0n) is 15.6. The molecule has 0 saturated carbocycles. The minimum absolute atomic E-state index is 0.0138. The molecule has 0 aliphatic carbocycles. The Morgan fingerprint density at radius 2 is 2.14 bits per heavy atom. The number of amides is 1. The van der Waals surface area contributed by atoms with Gasteiger partial charge in [-0.1, -0.05) is 12.1 Å². The summed E-state index contributed by atoms with van der Waals surface area (Å²) in [5, 5.41) is 10.4. The van der Waals surface area contributed by atoms with Crippen LogP contribution in [-0.2, 0) is 17.9 Å². The van der Waals surface area contributed by atoms with Gasteiger partial charge in [0, 0.05) is 36.8 Å². The van der Waals surface area contributed by atoms with Crippen molar-refractivity contribution in [2.45, 2.75) is 25.9 Å². The lowest BCUT2D eigenvalue weighted by Gasteiger charge is -2.21. The molecule has 8 nitrogen and oxygen atoms in total. The van der Waals surface area contributed by atoms with Crippen molar-refractivity contribution < 1.29 is 4.79 Å². The van der Waals surface area contributed by atoms with Gasteiger partial charge in [0.15, 0.2) is 0 Å². The lowest BCUT2D eigenvalue weighted by Crippen LogP contribution is -2.37. The molecule has 1 amide bonds. The Morgan fingerprint density at radius 3 is 3.04 bits per heavy atom. The Labute approximate surface area is 162 Å². The lowest BCUT2D eigenvalue weighted by molar-refractivity contribution is -0.120. The fraction of sp³-hybridized carbons (Fsp3) is 0.400. The predicted molar refractivity (Wildman–Crippen MR) is 107 cm³/mol. The molecule has 1 atom stereocenters. The van der Waals surface area contributed by atoms with Crippen molar-refractivity contribution in [2.75, 3.05) is 25.0 Å². The number of carbonyl (C=O) groups is 1. The van der Waals surface area contributed by atoms with Crippen LogP contribution in [0.4, 0.5) is 5.95 Å². The van der Waals surface area contributed by atoms with Gasteiger partial charge in [0.25, 0.3) is 0 Å². The number of hydrogen-bond acceptors (Lipinski definition) is 6. The number of nitrogens with zero attached hydrogens (tertiary/aromatic N) is 4. The Hall–Kier alpha value is -2.84. The van der Waals surface area contributed by atoms with Gasteiger partial charge in [-0.15, -0.1) is 0 Å². The fourth-order valence-electron chi connectivity index (χ4n) is 3.96. The van der Waals surface area contributed by atoms with Crippen molar-refractivity contribution in [1.29, 1.82) is 0 Å². The largest absolute Gasteiger partial charge is 0.326 e. The first-order valence-electron chi connectivity index (χ1n) is 9.82. The smallest absolute Gasteiger partial charge is 0.231 e. The number of piperidine rings is 1. The van der Waals surface area contributed by atoms with Crippen LogP contribution in [0.1, 0.15) is 18.7 Å². The van der Waals surface area contributed by atoms with Crippen LogP contribution in [0.25, 0.3) is 22.2 Å². The number of rotatable bonds is 3. The Kier molecular flexibility index (Phi) is 4.50. The second kappa shape index (κ2) is 7.29. The number of imidazole rings is 1. The van der Waals surface area contributed by atoms with Crippen LogP contribution < -0.4 is 16.0 Å². The second-order valence-corrected chi connectivity index (χ2v) is 7.39. The van der Waals surface area contributed by atoms with Crippen LogP contribution in [-0.4, -0.2) is 45.1 Å². The van der Waals surface area contributed by atoms with Gasteiger partial charge in [0.05, 0.1) is 29.9 Å². The van der Waals surface area contributed by atoms with E-state index in [0.717, 1.165) is 67.0 Å². The summed E-state index contributed by atoms with van der Waals surface area (Å²) in [4.78, 5) is 25.9. The number of nitrogens with one attached hydrogen (secondary N) is 3. The number of hydrogen-bond donors (Lipinski definition) is 3. The SMILES string of the molecule is O=C(Nc1ncc2ccc(-c3cnc4n3CCNC4)cc2n1)C1CCCNC1. The molecule has 1 fully saturated rings. The quantitative estimate of drug-likeness (QED) is 0.641. The molecule has 144 valence electrons. The third kappa shape index (κ3) is 3.25. The van der Waals surface area contributed by atoms with E-state index in [4.69, 9.17) is 0 Å². The highest BCUT2D eigenvalue weighted by molar-refractivity contribution is 5.92. The Bertz CT molecular complexity index is 1020. The first-order valence-corrected chi connectivity index (χ1v) is 9.82. The molecule has 1 aromatic carbocycles. The third-order valence-electron chi connectivity index (χ3n) is 5.51. The average molecular weight is 377 g/mol. The van der Waals surface area contributed by atoms with Gasteiger partial charge in [-0.3, -0.25) is 10.1 Å². The topological polar surface area (TPSA) is 96.8 Å². The van der Waals surface area contributed by atoms with E-state index >= 15 is 0 Å². The molecule has 2 aromatic heterocycles. The summed E-state index contributed by atoms with van der Waals surface area (Å²) in [6, 6.07) is 6.13. The van der Waals surface area contributed by atoms with Crippen molar-refractivity contribution in [1.82, 2.24) is 30.2 Å². The lowest BCUT2D eigenvalue weighted by atomic mass is 9.99. The molecule has 4 heterocycles. The van der Waals surface area contributed by atoms with Gasteiger partial charge >= 0.3 is 0 Å². The molecule has 1 unspecified atom stereocenters. The van der Waals surface area contributed by atoms with E-state index in [1.807, 2.05) is 18.3 Å². The molecule has 28 heavy (non-hydrogen) atoms. The third-order valence-corrected chi connectivity index (χ3v) is 5.51. The van der Waals surface area contributed by atoms with Gasteiger partial charge in [-0.25, -0.2) is 15.0 Å². The van der Waals surface area contributed by atoms with Gasteiger partial charge in [-0.2, -0.15) is 0 Å². The molecule has 1 saturated heterocycles. The molecule has 0 spiro atoms. The fourth-order valence-corrected chi connectivity index (χ4v) is 3.96. The van der Waals surface area contributed by atoms with Gasteiger partial charge < -0.3 is 15.2 Å². The standard InChI is InChI=1S/C20H23N7O/c28-19(15-2-1-5-21-9-15)26-20-24-10-14-4-3-13(8-16(14)25-20)17-11-23-18-12-22-6-7-27(17)18/h3-4,8,10-11,15,21-22H,1-2,5-7,9,12H2,(H,24,25,26,28). The zero-order valence-corrected chi connectivity index (χ0v) is 15.6. The van der Waals surface area contributed by atoms with E-state index in [-0.39, 0.29) is 11.8 Å². The number of carbonyl (C=O) groups excluding carboxylic acids is 1. The predicted octanol–water partition coefficient (Wildman–Crippen LogP) is 1.53. The molecule has 3 N–H and O–H groups in total. The molecule has 0 bridgehead atoms. The van der Waals surface area contributed by atoms with Crippen LogP contribution in [0.15, 0.2) is 30.6 Å². The van der Waals surface area contributed by atoms with Crippen LogP contribution in [0, 0.1) is 5.92 Å². The Balaban J connectivity index is 1.43. The van der Waals surface area contributed by atoms with Crippen molar-refractivity contribution in [3.8, 4) is 11.3 Å². The molecule has 2 aliphatic heterocycles. The second-order valence-electron chi connectivity index (χ2n) is 7.39. The first kappa shape index (κ1) is 17.3. The maximum atomic E-state index is 12.5. The van der Waals surface area contributed by atoms with E-state index < -0.39 is 0 Å². The minimum atomic E-state index is -0.0219. The van der Waals surface area contributed by atoms with Crippen LogP contribution in [0.3, 0.4) is 0 Å². The summed E-state index contributed by atoms with van der Waals surface area (Å²) in [5.41, 5.74) is 2.98. The monoisotopic (exact) mass is 377 g/mol. The number of aromatic nitrogens is 4. The summed E-state index contributed by atoms with van der Waals surface area (Å²) in [5.74, 6) is 1.38. The normalized spacial score (nSPS) is 19.4. The molecule has 5 rings (SSSR count). The number of fused-ring (bicyclic) bond motifs is 2. The van der Waals surface area contributed by atoms with E-state index in [0.29, 0.717) is 12.5 Å². The van der Waals surface area contributed by atoms with E-state index in [1.54, 1.807) is 6.20 Å². The van der Waals surface area contributed by atoms with Crippen molar-refractivity contribution >= 4 is 22.8 Å². The highest BCUT2D eigenvalue weighted by Gasteiger charge is 2.21. The summed E-state index contributed by atoms with van der Waals surface area (Å²) >= 11 is 0. The molecule has 3 aromatic rings. The molecular weight excluding hydrogens is 354 g/mol. The van der Waals surface area contributed by atoms with E-state index in [1.165, 1.54) is 0 Å². The summed E-state index contributed by atoms with van der Waals surface area (Å²) in [6.45, 7) is 4.33. The minimum Gasteiger partial charge on any atom is -0.326 e.